The fraction of sp³-hybridized carbons (Fsp3) is 0.850. The molecular weight excluding hydrogens is 314 g/mol. The summed E-state index contributed by atoms with van der Waals surface area (Å²) < 4.78 is 5.58. The summed E-state index contributed by atoms with van der Waals surface area (Å²) in [6.07, 6.45) is 7.54. The number of carbonyl (C=O) groups is 1. The predicted octanol–water partition coefficient (Wildman–Crippen LogP) is 5.03. The topological polar surface area (TPSA) is 75.1 Å². The van der Waals surface area contributed by atoms with E-state index in [-0.39, 0.29) is 28.8 Å². The second-order valence-electron chi connectivity index (χ2n) is 9.28. The minimum Gasteiger partial charge on any atom is -0.462 e. The molecule has 136 valence electrons. The van der Waals surface area contributed by atoms with Crippen molar-refractivity contribution in [3.8, 4) is 0 Å². The maximum absolute atomic E-state index is 12.5. The maximum Gasteiger partial charge on any atom is 0.309 e. The molecule has 25 heavy (non-hydrogen) atoms. The Bertz CT molecular complexity index is 655. The van der Waals surface area contributed by atoms with Gasteiger partial charge < -0.3 is 4.74 Å². The zero-order valence-corrected chi connectivity index (χ0v) is 15.4. The molecule has 5 heteroatoms. The third kappa shape index (κ3) is 2.35. The molecule has 4 aliphatic rings. The molecule has 3 aliphatic carbocycles. The monoisotopic (exact) mass is 343 g/mol. The van der Waals surface area contributed by atoms with Crippen LogP contribution >= 0.6 is 0 Å². The minimum atomic E-state index is -0.0228. The average molecular weight is 343 g/mol. The van der Waals surface area contributed by atoms with E-state index in [1.807, 2.05) is 0 Å². The zero-order valence-electron chi connectivity index (χ0n) is 15.4. The van der Waals surface area contributed by atoms with E-state index in [9.17, 15) is 4.79 Å². The summed E-state index contributed by atoms with van der Waals surface area (Å²) in [7, 11) is 0. The van der Waals surface area contributed by atoms with Crippen LogP contribution in [-0.2, 0) is 9.53 Å². The first-order valence-electron chi connectivity index (χ1n) is 9.80. The Hall–Kier alpha value is -1.48. The van der Waals surface area contributed by atoms with Crippen molar-refractivity contribution < 1.29 is 9.53 Å². The Labute approximate surface area is 149 Å². The van der Waals surface area contributed by atoms with Crippen molar-refractivity contribution in [2.24, 2.45) is 39.6 Å². The molecule has 7 atom stereocenters. The number of fused-ring (bicyclic) bond motifs is 3. The van der Waals surface area contributed by atoms with Crippen molar-refractivity contribution in [2.75, 3.05) is 6.54 Å². The first-order chi connectivity index (χ1) is 11.9. The molecular formula is C20H29N3O2. The molecule has 3 saturated carbocycles. The standard InChI is InChI=1S/C20H29N3O2/c1-12-4-5-15-14(11-22-23-21)16(7-9-19(12,15)2)20(3)8-6-13-10-17(20)18(24)25-13/h13-17H,1,4-11H2,2-3H3/t13?,14-,15-,16-,17+,19+,20+/m0/s1. The smallest absolute Gasteiger partial charge is 0.309 e. The van der Waals surface area contributed by atoms with Crippen LogP contribution in [0.15, 0.2) is 17.3 Å². The van der Waals surface area contributed by atoms with Crippen molar-refractivity contribution in [1.29, 1.82) is 0 Å². The van der Waals surface area contributed by atoms with Gasteiger partial charge in [-0.15, -0.1) is 0 Å². The van der Waals surface area contributed by atoms with Gasteiger partial charge in [0.25, 0.3) is 0 Å². The summed E-state index contributed by atoms with van der Waals surface area (Å²) in [5.41, 5.74) is 10.5. The van der Waals surface area contributed by atoms with Crippen molar-refractivity contribution in [3.05, 3.63) is 22.6 Å². The number of esters is 1. The lowest BCUT2D eigenvalue weighted by Crippen LogP contribution is -2.50. The van der Waals surface area contributed by atoms with Crippen LogP contribution in [0.3, 0.4) is 0 Å². The predicted molar refractivity (Wildman–Crippen MR) is 95.5 cm³/mol. The third-order valence-electron chi connectivity index (χ3n) is 8.46. The van der Waals surface area contributed by atoms with Gasteiger partial charge in [-0.2, -0.15) is 0 Å². The lowest BCUT2D eigenvalue weighted by atomic mass is 9.49. The fourth-order valence-corrected chi connectivity index (χ4v) is 6.86. The van der Waals surface area contributed by atoms with Crippen LogP contribution < -0.4 is 0 Å². The number of allylic oxidation sites excluding steroid dienone is 1. The number of azide groups is 1. The minimum absolute atomic E-state index is 0.0108. The van der Waals surface area contributed by atoms with E-state index in [1.54, 1.807) is 0 Å². The van der Waals surface area contributed by atoms with E-state index >= 15 is 0 Å². The van der Waals surface area contributed by atoms with Gasteiger partial charge in [0.15, 0.2) is 0 Å². The van der Waals surface area contributed by atoms with Gasteiger partial charge in [-0.25, -0.2) is 0 Å². The molecule has 5 nitrogen and oxygen atoms in total. The van der Waals surface area contributed by atoms with E-state index in [2.05, 4.69) is 30.5 Å². The van der Waals surface area contributed by atoms with Crippen LogP contribution in [0.1, 0.15) is 58.8 Å². The fourth-order valence-electron chi connectivity index (χ4n) is 6.86. The average Bonchev–Trinajstić information content (AvgIpc) is 3.08. The molecule has 2 bridgehead atoms. The van der Waals surface area contributed by atoms with Gasteiger partial charge in [-0.3, -0.25) is 4.79 Å². The highest BCUT2D eigenvalue weighted by Crippen LogP contribution is 2.64. The lowest BCUT2D eigenvalue weighted by molar-refractivity contribution is -0.147. The summed E-state index contributed by atoms with van der Waals surface area (Å²) >= 11 is 0. The molecule has 1 aliphatic heterocycles. The third-order valence-corrected chi connectivity index (χ3v) is 8.46. The summed E-state index contributed by atoms with van der Waals surface area (Å²) in [6.45, 7) is 9.57. The molecule has 0 radical (unpaired) electrons. The number of ether oxygens (including phenoxy) is 1. The van der Waals surface area contributed by atoms with Gasteiger partial charge in [-0.05, 0) is 79.1 Å². The van der Waals surface area contributed by atoms with Crippen LogP contribution in [-0.4, -0.2) is 18.6 Å². The molecule has 0 aromatic rings. The van der Waals surface area contributed by atoms with Gasteiger partial charge in [0.1, 0.15) is 6.10 Å². The number of rotatable bonds is 3. The number of nitrogens with zero attached hydrogens (tertiary/aromatic N) is 3. The number of carbonyl (C=O) groups excluding carboxylic acids is 1. The Kier molecular flexibility index (Phi) is 3.91. The zero-order chi connectivity index (χ0) is 17.8. The quantitative estimate of drug-likeness (QED) is 0.237. The number of hydrogen-bond donors (Lipinski definition) is 0. The van der Waals surface area contributed by atoms with Crippen molar-refractivity contribution in [2.45, 2.75) is 64.9 Å². The van der Waals surface area contributed by atoms with Crippen LogP contribution in [0.5, 0.6) is 0 Å². The van der Waals surface area contributed by atoms with E-state index in [1.165, 1.54) is 5.57 Å². The Balaban J connectivity index is 1.69. The summed E-state index contributed by atoms with van der Waals surface area (Å²) in [5.74, 6) is 1.34. The molecule has 0 spiro atoms. The van der Waals surface area contributed by atoms with E-state index in [0.717, 1.165) is 44.9 Å². The summed E-state index contributed by atoms with van der Waals surface area (Å²) in [5, 5.41) is 4.00. The highest BCUT2D eigenvalue weighted by Gasteiger charge is 2.60. The first kappa shape index (κ1) is 17.0. The molecule has 1 saturated heterocycles. The maximum atomic E-state index is 12.5. The largest absolute Gasteiger partial charge is 0.462 e. The molecule has 0 N–H and O–H groups in total. The molecule has 0 aromatic carbocycles. The van der Waals surface area contributed by atoms with Crippen molar-refractivity contribution in [1.82, 2.24) is 0 Å². The van der Waals surface area contributed by atoms with Gasteiger partial charge in [0, 0.05) is 11.5 Å². The second-order valence-corrected chi connectivity index (χ2v) is 9.28. The van der Waals surface area contributed by atoms with Gasteiger partial charge in [0.2, 0.25) is 0 Å². The van der Waals surface area contributed by atoms with Crippen LogP contribution in [0, 0.1) is 34.5 Å². The van der Waals surface area contributed by atoms with Crippen molar-refractivity contribution >= 4 is 5.97 Å². The summed E-state index contributed by atoms with van der Waals surface area (Å²) in [4.78, 5) is 15.5. The van der Waals surface area contributed by atoms with Crippen LogP contribution in [0.2, 0.25) is 0 Å². The molecule has 1 unspecified atom stereocenters. The SMILES string of the molecule is C=C1CC[C@H]2[C@H](CN=[N+]=[N-])[C@@H]([C@@]3(C)CCC4C[C@@H]3C(=O)O4)CC[C@]12C. The molecule has 0 amide bonds. The van der Waals surface area contributed by atoms with E-state index in [4.69, 9.17) is 10.3 Å². The van der Waals surface area contributed by atoms with Crippen LogP contribution in [0.4, 0.5) is 0 Å². The number of hydrogen-bond acceptors (Lipinski definition) is 3. The Morgan fingerprint density at radius 2 is 2.08 bits per heavy atom. The van der Waals surface area contributed by atoms with Crippen LogP contribution in [0.25, 0.3) is 10.4 Å². The van der Waals surface area contributed by atoms with Gasteiger partial charge in [-0.1, -0.05) is 31.1 Å². The van der Waals surface area contributed by atoms with E-state index < -0.39 is 0 Å². The molecule has 4 fully saturated rings. The second kappa shape index (κ2) is 5.77. The van der Waals surface area contributed by atoms with Crippen molar-refractivity contribution in [3.63, 3.8) is 0 Å². The first-order valence-corrected chi connectivity index (χ1v) is 9.80. The highest BCUT2D eigenvalue weighted by atomic mass is 16.6. The highest BCUT2D eigenvalue weighted by molar-refractivity contribution is 5.76. The van der Waals surface area contributed by atoms with Gasteiger partial charge >= 0.3 is 5.97 Å². The molecule has 4 rings (SSSR count). The van der Waals surface area contributed by atoms with Gasteiger partial charge in [0.05, 0.1) is 5.92 Å². The normalized spacial score (nSPS) is 48.6. The van der Waals surface area contributed by atoms with E-state index in [0.29, 0.717) is 24.3 Å². The lowest BCUT2D eigenvalue weighted by Gasteiger charge is -2.54. The Morgan fingerprint density at radius 1 is 1.28 bits per heavy atom. The Morgan fingerprint density at radius 3 is 2.84 bits per heavy atom. The summed E-state index contributed by atoms with van der Waals surface area (Å²) in [6, 6.07) is 0. The molecule has 0 aromatic heterocycles. The molecule has 1 heterocycles.